The van der Waals surface area contributed by atoms with E-state index in [0.29, 0.717) is 29.9 Å². The number of aromatic amines is 1. The largest absolute Gasteiger partial charge is 0.366 e. The van der Waals surface area contributed by atoms with Gasteiger partial charge < -0.3 is 20.5 Å². The van der Waals surface area contributed by atoms with E-state index in [1.165, 1.54) is 0 Å². The third-order valence-corrected chi connectivity index (χ3v) is 3.93. The highest BCUT2D eigenvalue weighted by molar-refractivity contribution is 6.02. The second-order valence-electron chi connectivity index (χ2n) is 5.61. The number of primary amides is 1. The molecule has 2 rings (SSSR count). The van der Waals surface area contributed by atoms with Crippen molar-refractivity contribution in [3.8, 4) is 0 Å². The number of nitrogens with two attached hydrogens (primary N) is 1. The van der Waals surface area contributed by atoms with Gasteiger partial charge in [0.25, 0.3) is 0 Å². The summed E-state index contributed by atoms with van der Waals surface area (Å²) in [4.78, 5) is 30.9. The van der Waals surface area contributed by atoms with Gasteiger partial charge in [0, 0.05) is 26.2 Å². The first-order chi connectivity index (χ1) is 10.4. The lowest BCUT2D eigenvalue weighted by Gasteiger charge is -2.21. The van der Waals surface area contributed by atoms with E-state index in [9.17, 15) is 9.59 Å². The molecule has 6 nitrogen and oxygen atoms in total. The van der Waals surface area contributed by atoms with Gasteiger partial charge in [-0.25, -0.2) is 0 Å². The maximum atomic E-state index is 12.5. The van der Waals surface area contributed by atoms with Crippen LogP contribution in [0.4, 0.5) is 5.82 Å². The number of likely N-dealkylation sites (tertiary alicyclic amines) is 1. The molecule has 1 atom stereocenters. The molecular formula is C16H22N4O2. The van der Waals surface area contributed by atoms with Crippen LogP contribution in [0.3, 0.4) is 0 Å². The molecular weight excluding hydrogens is 280 g/mol. The highest BCUT2D eigenvalue weighted by Gasteiger charge is 2.34. The minimum atomic E-state index is -0.536. The first-order valence-electron chi connectivity index (χ1n) is 7.18. The van der Waals surface area contributed by atoms with Crippen LogP contribution in [0.15, 0.2) is 30.4 Å². The topological polar surface area (TPSA) is 82.4 Å². The van der Waals surface area contributed by atoms with Crippen LogP contribution < -0.4 is 10.6 Å². The number of amides is 2. The lowest BCUT2D eigenvalue weighted by atomic mass is 10.1. The van der Waals surface area contributed by atoms with Gasteiger partial charge in [-0.1, -0.05) is 6.08 Å². The first-order valence-corrected chi connectivity index (χ1v) is 7.18. The molecule has 1 aromatic rings. The van der Waals surface area contributed by atoms with Crippen LogP contribution in [0.5, 0.6) is 0 Å². The summed E-state index contributed by atoms with van der Waals surface area (Å²) >= 11 is 0. The Morgan fingerprint density at radius 2 is 2.18 bits per heavy atom. The zero-order valence-electron chi connectivity index (χ0n) is 13.2. The van der Waals surface area contributed by atoms with E-state index in [0.717, 1.165) is 5.82 Å². The zero-order valence-corrected chi connectivity index (χ0v) is 13.2. The zero-order chi connectivity index (χ0) is 16.4. The fourth-order valence-corrected chi connectivity index (χ4v) is 2.59. The molecule has 3 N–H and O–H groups in total. The maximum Gasteiger partial charge on any atom is 0.246 e. The van der Waals surface area contributed by atoms with E-state index < -0.39 is 5.91 Å². The molecule has 0 saturated carbocycles. The van der Waals surface area contributed by atoms with Crippen LogP contribution in [-0.2, 0) is 9.59 Å². The van der Waals surface area contributed by atoms with Crippen LogP contribution in [0.1, 0.15) is 19.0 Å². The fourth-order valence-electron chi connectivity index (χ4n) is 2.59. The van der Waals surface area contributed by atoms with Crippen molar-refractivity contribution in [3.05, 3.63) is 36.1 Å². The number of aromatic nitrogens is 1. The molecule has 6 heteroatoms. The molecule has 0 bridgehead atoms. The minimum Gasteiger partial charge on any atom is -0.366 e. The Labute approximate surface area is 130 Å². The lowest BCUT2D eigenvalue weighted by Crippen LogP contribution is -2.29. The van der Waals surface area contributed by atoms with E-state index in [1.54, 1.807) is 17.9 Å². The number of nitrogens with zero attached hydrogens (tertiary/aromatic N) is 2. The van der Waals surface area contributed by atoms with Crippen molar-refractivity contribution in [1.29, 1.82) is 0 Å². The number of nitrogens with one attached hydrogen (secondary N) is 1. The quantitative estimate of drug-likeness (QED) is 0.636. The monoisotopic (exact) mass is 302 g/mol. The van der Waals surface area contributed by atoms with E-state index >= 15 is 0 Å². The highest BCUT2D eigenvalue weighted by atomic mass is 16.2. The molecule has 1 aromatic heterocycles. The second-order valence-corrected chi connectivity index (χ2v) is 5.61. The summed E-state index contributed by atoms with van der Waals surface area (Å²) in [5.41, 5.74) is 7.07. The average Bonchev–Trinajstić information content (AvgIpc) is 3.07. The number of hydrogen-bond donors (Lipinski definition) is 2. The standard InChI is InChI=1S/C16H22N4O2/c1-5-11-8-9-20(16(11)22)14(10(2)15(17)21)12-6-7-13(18-12)19(3)4/h5-7,11,18H,1,8-9H2,2-4H3,(H2,17,21)/b14-10-. The van der Waals surface area contributed by atoms with Gasteiger partial charge in [0.2, 0.25) is 11.8 Å². The van der Waals surface area contributed by atoms with Crippen LogP contribution in [0.25, 0.3) is 5.70 Å². The van der Waals surface area contributed by atoms with Crippen LogP contribution >= 0.6 is 0 Å². The SMILES string of the molecule is C=CC1CCN(/C(=C(/C)C(N)=O)c2ccc(N(C)C)[nH]2)C1=O. The van der Waals surface area contributed by atoms with Gasteiger partial charge in [0.1, 0.15) is 5.82 Å². The summed E-state index contributed by atoms with van der Waals surface area (Å²) in [6.45, 7) is 5.89. The van der Waals surface area contributed by atoms with Crippen molar-refractivity contribution < 1.29 is 9.59 Å². The number of hydrogen-bond acceptors (Lipinski definition) is 3. The van der Waals surface area contributed by atoms with Crippen molar-refractivity contribution in [3.63, 3.8) is 0 Å². The Morgan fingerprint density at radius 1 is 1.50 bits per heavy atom. The van der Waals surface area contributed by atoms with Gasteiger partial charge in [-0.3, -0.25) is 9.59 Å². The van der Waals surface area contributed by atoms with Gasteiger partial charge in [-0.2, -0.15) is 0 Å². The summed E-state index contributed by atoms with van der Waals surface area (Å²) in [5.74, 6) is 0.0908. The van der Waals surface area contributed by atoms with Crippen molar-refractivity contribution in [2.24, 2.45) is 11.7 Å². The highest BCUT2D eigenvalue weighted by Crippen LogP contribution is 2.31. The first kappa shape index (κ1) is 15.9. The Kier molecular flexibility index (Phi) is 4.40. The van der Waals surface area contributed by atoms with Crippen molar-refractivity contribution in [1.82, 2.24) is 9.88 Å². The normalized spacial score (nSPS) is 19.1. The smallest absolute Gasteiger partial charge is 0.246 e. The Morgan fingerprint density at radius 3 is 2.64 bits per heavy atom. The minimum absolute atomic E-state index is 0.0494. The third kappa shape index (κ3) is 2.77. The van der Waals surface area contributed by atoms with Crippen LogP contribution in [0.2, 0.25) is 0 Å². The van der Waals surface area contributed by atoms with Gasteiger partial charge in [-0.05, 0) is 25.5 Å². The number of anilines is 1. The molecule has 0 radical (unpaired) electrons. The molecule has 0 aromatic carbocycles. The summed E-state index contributed by atoms with van der Waals surface area (Å²) in [5, 5.41) is 0. The molecule has 2 amide bonds. The predicted octanol–water partition coefficient (Wildman–Crippen LogP) is 1.33. The molecule has 0 spiro atoms. The molecule has 0 aliphatic carbocycles. The van der Waals surface area contributed by atoms with Crippen molar-refractivity contribution >= 4 is 23.3 Å². The molecule has 1 saturated heterocycles. The Bertz CT molecular complexity index is 642. The summed E-state index contributed by atoms with van der Waals surface area (Å²) in [6.07, 6.45) is 2.35. The number of H-pyrrole nitrogens is 1. The van der Waals surface area contributed by atoms with Gasteiger partial charge in [0.15, 0.2) is 0 Å². The summed E-state index contributed by atoms with van der Waals surface area (Å²) < 4.78 is 0. The number of rotatable bonds is 5. The molecule has 118 valence electrons. The van der Waals surface area contributed by atoms with Crippen molar-refractivity contribution in [2.45, 2.75) is 13.3 Å². The van der Waals surface area contributed by atoms with Gasteiger partial charge in [0.05, 0.1) is 17.3 Å². The molecule has 1 fully saturated rings. The lowest BCUT2D eigenvalue weighted by molar-refractivity contribution is -0.127. The molecule has 1 aliphatic heterocycles. The van der Waals surface area contributed by atoms with Crippen LogP contribution in [0, 0.1) is 5.92 Å². The van der Waals surface area contributed by atoms with E-state index in [1.807, 2.05) is 31.1 Å². The Balaban J connectivity index is 2.49. The van der Waals surface area contributed by atoms with E-state index in [2.05, 4.69) is 11.6 Å². The van der Waals surface area contributed by atoms with Gasteiger partial charge in [-0.15, -0.1) is 6.58 Å². The predicted molar refractivity (Wildman–Crippen MR) is 86.9 cm³/mol. The third-order valence-electron chi connectivity index (χ3n) is 3.93. The fraction of sp³-hybridized carbons (Fsp3) is 0.375. The van der Waals surface area contributed by atoms with Crippen LogP contribution in [-0.4, -0.2) is 42.3 Å². The summed E-state index contributed by atoms with van der Waals surface area (Å²) in [6, 6.07) is 3.75. The van der Waals surface area contributed by atoms with Crippen molar-refractivity contribution in [2.75, 3.05) is 25.5 Å². The molecule has 1 aliphatic rings. The summed E-state index contributed by atoms with van der Waals surface area (Å²) in [7, 11) is 3.82. The number of carbonyl (C=O) groups excluding carboxylic acids is 2. The van der Waals surface area contributed by atoms with E-state index in [-0.39, 0.29) is 11.8 Å². The van der Waals surface area contributed by atoms with Gasteiger partial charge >= 0.3 is 0 Å². The molecule has 22 heavy (non-hydrogen) atoms. The molecule has 2 heterocycles. The maximum absolute atomic E-state index is 12.5. The Hall–Kier alpha value is -2.50. The number of carbonyl (C=O) groups is 2. The van der Waals surface area contributed by atoms with E-state index in [4.69, 9.17) is 5.73 Å². The second kappa shape index (κ2) is 6.09. The average molecular weight is 302 g/mol. The molecule has 1 unspecified atom stereocenters.